The van der Waals surface area contributed by atoms with Gasteiger partial charge in [-0.15, -0.1) is 0 Å². The summed E-state index contributed by atoms with van der Waals surface area (Å²) >= 11 is 4.92. The molecule has 3 nitrogen and oxygen atoms in total. The molecule has 1 fully saturated rings. The van der Waals surface area contributed by atoms with E-state index in [1.165, 1.54) is 0 Å². The normalized spacial score (nSPS) is 20.1. The molecular formula is C12H14N2OS. The number of rotatable bonds is 3. The highest BCUT2D eigenvalue weighted by molar-refractivity contribution is 7.80. The first-order chi connectivity index (χ1) is 7.66. The number of hydrogen-bond acceptors (Lipinski definition) is 2. The number of benzene rings is 1. The molecule has 1 aromatic carbocycles. The van der Waals surface area contributed by atoms with E-state index in [1.807, 2.05) is 35.2 Å². The maximum atomic E-state index is 11.7. The lowest BCUT2D eigenvalue weighted by molar-refractivity contribution is -0.128. The molecule has 1 amide bonds. The number of thiocarbonyl (C=S) groups is 1. The van der Waals surface area contributed by atoms with E-state index in [4.69, 9.17) is 18.0 Å². The molecule has 1 aromatic rings. The number of carbonyl (C=O) groups is 1. The minimum Gasteiger partial charge on any atom is -0.393 e. The minimum absolute atomic E-state index is 0.0474. The molecule has 0 saturated carbocycles. The zero-order chi connectivity index (χ0) is 11.5. The fraction of sp³-hybridized carbons (Fsp3) is 0.333. The van der Waals surface area contributed by atoms with Crippen LogP contribution >= 0.6 is 12.2 Å². The molecule has 1 aliphatic heterocycles. The molecule has 0 aromatic heterocycles. The van der Waals surface area contributed by atoms with Crippen molar-refractivity contribution in [3.05, 3.63) is 35.9 Å². The highest BCUT2D eigenvalue weighted by Crippen LogP contribution is 2.20. The third kappa shape index (κ3) is 2.39. The van der Waals surface area contributed by atoms with Crippen LogP contribution in [-0.4, -0.2) is 22.3 Å². The van der Waals surface area contributed by atoms with Gasteiger partial charge in [0.1, 0.15) is 0 Å². The Morgan fingerprint density at radius 2 is 2.12 bits per heavy atom. The molecular weight excluding hydrogens is 220 g/mol. The first-order valence-electron chi connectivity index (χ1n) is 5.28. The van der Waals surface area contributed by atoms with Crippen molar-refractivity contribution in [2.45, 2.75) is 13.0 Å². The summed E-state index contributed by atoms with van der Waals surface area (Å²) in [5.74, 6) is 0.188. The minimum atomic E-state index is 0.0474. The summed E-state index contributed by atoms with van der Waals surface area (Å²) in [6.07, 6.45) is 0.460. The third-order valence-corrected chi connectivity index (χ3v) is 3.17. The molecule has 0 aliphatic carbocycles. The van der Waals surface area contributed by atoms with E-state index in [9.17, 15) is 4.79 Å². The summed E-state index contributed by atoms with van der Waals surface area (Å²) in [5, 5.41) is 0. The van der Waals surface area contributed by atoms with Gasteiger partial charge >= 0.3 is 0 Å². The maximum Gasteiger partial charge on any atom is 0.223 e. The molecule has 4 heteroatoms. The predicted molar refractivity (Wildman–Crippen MR) is 66.8 cm³/mol. The largest absolute Gasteiger partial charge is 0.393 e. The molecule has 0 bridgehead atoms. The zero-order valence-corrected chi connectivity index (χ0v) is 9.74. The van der Waals surface area contributed by atoms with Crippen LogP contribution in [-0.2, 0) is 11.3 Å². The lowest BCUT2D eigenvalue weighted by Gasteiger charge is -2.16. The number of nitrogens with two attached hydrogens (primary N) is 1. The number of hydrogen-bond donors (Lipinski definition) is 1. The first kappa shape index (κ1) is 11.1. The lowest BCUT2D eigenvalue weighted by Crippen LogP contribution is -2.27. The van der Waals surface area contributed by atoms with Crippen molar-refractivity contribution in [3.63, 3.8) is 0 Å². The molecule has 1 heterocycles. The van der Waals surface area contributed by atoms with Crippen molar-refractivity contribution in [2.75, 3.05) is 6.54 Å². The Bertz CT molecular complexity index is 405. The van der Waals surface area contributed by atoms with Gasteiger partial charge in [-0.25, -0.2) is 0 Å². The Kier molecular flexibility index (Phi) is 3.19. The van der Waals surface area contributed by atoms with Crippen molar-refractivity contribution >= 4 is 23.1 Å². The average Bonchev–Trinajstić information content (AvgIpc) is 2.62. The molecule has 2 N–H and O–H groups in total. The van der Waals surface area contributed by atoms with Crippen molar-refractivity contribution in [2.24, 2.45) is 11.7 Å². The van der Waals surface area contributed by atoms with Crippen LogP contribution in [0.25, 0.3) is 0 Å². The second kappa shape index (κ2) is 4.61. The molecule has 0 radical (unpaired) electrons. The second-order valence-electron chi connectivity index (χ2n) is 4.06. The predicted octanol–water partition coefficient (Wildman–Crippen LogP) is 1.32. The van der Waals surface area contributed by atoms with Gasteiger partial charge in [0.25, 0.3) is 0 Å². The van der Waals surface area contributed by atoms with E-state index in [0.29, 0.717) is 24.5 Å². The van der Waals surface area contributed by atoms with E-state index in [1.54, 1.807) is 0 Å². The number of nitrogens with zero attached hydrogens (tertiary/aromatic N) is 1. The van der Waals surface area contributed by atoms with Crippen LogP contribution in [0.15, 0.2) is 30.3 Å². The summed E-state index contributed by atoms with van der Waals surface area (Å²) in [4.78, 5) is 14.0. The van der Waals surface area contributed by atoms with Crippen LogP contribution in [0.2, 0.25) is 0 Å². The van der Waals surface area contributed by atoms with Crippen LogP contribution in [0.1, 0.15) is 12.0 Å². The smallest absolute Gasteiger partial charge is 0.223 e. The third-order valence-electron chi connectivity index (χ3n) is 2.83. The molecule has 2 rings (SSSR count). The highest BCUT2D eigenvalue weighted by atomic mass is 32.1. The topological polar surface area (TPSA) is 46.3 Å². The van der Waals surface area contributed by atoms with Crippen LogP contribution in [0, 0.1) is 5.92 Å². The SMILES string of the molecule is NC(=S)C1CC(=O)N(Cc2ccccc2)C1. The molecule has 1 atom stereocenters. The van der Waals surface area contributed by atoms with E-state index < -0.39 is 0 Å². The molecule has 1 unspecified atom stereocenters. The quantitative estimate of drug-likeness (QED) is 0.802. The van der Waals surface area contributed by atoms with Crippen molar-refractivity contribution in [3.8, 4) is 0 Å². The van der Waals surface area contributed by atoms with Crippen molar-refractivity contribution in [1.82, 2.24) is 4.90 Å². The van der Waals surface area contributed by atoms with E-state index in [-0.39, 0.29) is 11.8 Å². The van der Waals surface area contributed by atoms with Gasteiger partial charge in [0.2, 0.25) is 5.91 Å². The Balaban J connectivity index is 2.02. The molecule has 1 aliphatic rings. The van der Waals surface area contributed by atoms with Crippen LogP contribution in [0.3, 0.4) is 0 Å². The Morgan fingerprint density at radius 3 is 2.69 bits per heavy atom. The fourth-order valence-corrected chi connectivity index (χ4v) is 2.08. The summed E-state index contributed by atoms with van der Waals surface area (Å²) in [5.41, 5.74) is 6.71. The number of likely N-dealkylation sites (tertiary alicyclic amines) is 1. The average molecular weight is 234 g/mol. The van der Waals surface area contributed by atoms with Crippen LogP contribution in [0.5, 0.6) is 0 Å². The summed E-state index contributed by atoms with van der Waals surface area (Å²) in [6.45, 7) is 1.31. The van der Waals surface area contributed by atoms with Gasteiger partial charge in [0, 0.05) is 25.4 Å². The lowest BCUT2D eigenvalue weighted by atomic mass is 10.1. The summed E-state index contributed by atoms with van der Waals surface area (Å²) in [6, 6.07) is 9.94. The van der Waals surface area contributed by atoms with Gasteiger partial charge in [-0.3, -0.25) is 4.79 Å². The number of amides is 1. The van der Waals surface area contributed by atoms with Gasteiger partial charge in [-0.1, -0.05) is 42.5 Å². The van der Waals surface area contributed by atoms with E-state index in [2.05, 4.69) is 0 Å². The Hall–Kier alpha value is -1.42. The summed E-state index contributed by atoms with van der Waals surface area (Å²) < 4.78 is 0. The van der Waals surface area contributed by atoms with E-state index >= 15 is 0 Å². The van der Waals surface area contributed by atoms with Gasteiger partial charge in [-0.05, 0) is 5.56 Å². The highest BCUT2D eigenvalue weighted by Gasteiger charge is 2.30. The van der Waals surface area contributed by atoms with Gasteiger partial charge in [0.15, 0.2) is 0 Å². The monoisotopic (exact) mass is 234 g/mol. The molecule has 0 spiro atoms. The molecule has 84 valence electrons. The first-order valence-corrected chi connectivity index (χ1v) is 5.68. The Morgan fingerprint density at radius 1 is 1.44 bits per heavy atom. The van der Waals surface area contributed by atoms with Crippen molar-refractivity contribution < 1.29 is 4.79 Å². The van der Waals surface area contributed by atoms with Gasteiger partial charge in [-0.2, -0.15) is 0 Å². The molecule has 1 saturated heterocycles. The maximum absolute atomic E-state index is 11.7. The van der Waals surface area contributed by atoms with Gasteiger partial charge in [0.05, 0.1) is 4.99 Å². The fourth-order valence-electron chi connectivity index (χ4n) is 1.92. The number of carbonyl (C=O) groups excluding carboxylic acids is 1. The standard InChI is InChI=1S/C12H14N2OS/c13-12(16)10-6-11(15)14(8-10)7-9-4-2-1-3-5-9/h1-5,10H,6-8H2,(H2,13,16). The Labute approximate surface area is 100 Å². The van der Waals surface area contributed by atoms with E-state index in [0.717, 1.165) is 5.56 Å². The zero-order valence-electron chi connectivity index (χ0n) is 8.93. The van der Waals surface area contributed by atoms with Crippen molar-refractivity contribution in [1.29, 1.82) is 0 Å². The van der Waals surface area contributed by atoms with Crippen LogP contribution in [0.4, 0.5) is 0 Å². The second-order valence-corrected chi connectivity index (χ2v) is 4.53. The van der Waals surface area contributed by atoms with Crippen LogP contribution < -0.4 is 5.73 Å². The summed E-state index contributed by atoms with van der Waals surface area (Å²) in [7, 11) is 0. The molecule has 16 heavy (non-hydrogen) atoms. The van der Waals surface area contributed by atoms with Gasteiger partial charge < -0.3 is 10.6 Å².